The Balaban J connectivity index is 1.70. The van der Waals surface area contributed by atoms with Crippen LogP contribution in [-0.2, 0) is 27.1 Å². The normalized spacial score (nSPS) is 19.4. The SMILES string of the molecule is Cc1cnc(N2CC(S(=O)O)C[C@H]2C(=O)N[C@@H](Cc2ccc(OC(=O)N(C)C)cc2)C(=O)O)[nH]1. The molecule has 2 amide bonds. The number of carbonyl (C=O) groups is 3. The Bertz CT molecular complexity index is 1070. The molecule has 0 radical (unpaired) electrons. The van der Waals surface area contributed by atoms with Gasteiger partial charge in [0.2, 0.25) is 11.9 Å². The fraction of sp³-hybridized carbons (Fsp3) is 0.429. The summed E-state index contributed by atoms with van der Waals surface area (Å²) in [6.45, 7) is 1.91. The first-order valence-electron chi connectivity index (χ1n) is 10.4. The third-order valence-electron chi connectivity index (χ3n) is 5.36. The van der Waals surface area contributed by atoms with Crippen LogP contribution in [0.4, 0.5) is 10.7 Å². The topological polar surface area (TPSA) is 165 Å². The molecule has 0 bridgehead atoms. The number of ether oxygens (including phenoxy) is 1. The molecule has 2 unspecified atom stereocenters. The molecule has 2 heterocycles. The van der Waals surface area contributed by atoms with Crippen LogP contribution >= 0.6 is 0 Å². The Kier molecular flexibility index (Phi) is 7.89. The van der Waals surface area contributed by atoms with Gasteiger partial charge in [-0.05, 0) is 31.0 Å². The Labute approximate surface area is 198 Å². The predicted molar refractivity (Wildman–Crippen MR) is 123 cm³/mol. The summed E-state index contributed by atoms with van der Waals surface area (Å²) < 4.78 is 26.3. The van der Waals surface area contributed by atoms with Gasteiger partial charge in [0, 0.05) is 39.0 Å². The maximum absolute atomic E-state index is 13.0. The zero-order valence-corrected chi connectivity index (χ0v) is 19.7. The molecule has 4 atom stereocenters. The molecular formula is C21H27N5O7S. The molecule has 1 aliphatic heterocycles. The molecule has 1 aromatic carbocycles. The minimum absolute atomic E-state index is 0.00901. The van der Waals surface area contributed by atoms with E-state index in [1.54, 1.807) is 44.2 Å². The lowest BCUT2D eigenvalue weighted by molar-refractivity contribution is -0.141. The first kappa shape index (κ1) is 25.2. The van der Waals surface area contributed by atoms with Crippen LogP contribution in [0.3, 0.4) is 0 Å². The molecule has 1 aliphatic rings. The van der Waals surface area contributed by atoms with Crippen LogP contribution in [0.1, 0.15) is 17.7 Å². The summed E-state index contributed by atoms with van der Waals surface area (Å²) in [7, 11) is 3.10. The molecule has 1 fully saturated rings. The first-order chi connectivity index (χ1) is 16.0. The van der Waals surface area contributed by atoms with E-state index < -0.39 is 46.4 Å². The van der Waals surface area contributed by atoms with Gasteiger partial charge in [-0.3, -0.25) is 4.79 Å². The van der Waals surface area contributed by atoms with Gasteiger partial charge < -0.3 is 34.5 Å². The number of rotatable bonds is 8. The molecule has 2 aromatic rings. The van der Waals surface area contributed by atoms with Crippen molar-refractivity contribution in [1.82, 2.24) is 20.2 Å². The lowest BCUT2D eigenvalue weighted by Gasteiger charge is -2.25. The van der Waals surface area contributed by atoms with E-state index >= 15 is 0 Å². The van der Waals surface area contributed by atoms with Gasteiger partial charge in [0.25, 0.3) is 0 Å². The molecule has 4 N–H and O–H groups in total. The van der Waals surface area contributed by atoms with E-state index in [0.717, 1.165) is 5.69 Å². The number of aromatic nitrogens is 2. The van der Waals surface area contributed by atoms with Crippen LogP contribution in [0.25, 0.3) is 0 Å². The maximum Gasteiger partial charge on any atom is 0.414 e. The van der Waals surface area contributed by atoms with Crippen LogP contribution in [0.5, 0.6) is 5.75 Å². The van der Waals surface area contributed by atoms with E-state index in [1.165, 1.54) is 17.0 Å². The standard InChI is InChI=1S/C21H27N5O7S/c1-12-10-22-20(23-12)26-11-15(34(31)32)9-17(26)18(27)24-16(19(28)29)8-13-4-6-14(7-5-13)33-21(30)25(2)3/h4-7,10,15-17H,8-9,11H2,1-3H3,(H,22,23)(H,24,27)(H,28,29)(H,31,32)/t15?,16-,17-/m0/s1. The molecule has 3 rings (SSSR count). The number of nitrogens with zero attached hydrogens (tertiary/aromatic N) is 3. The highest BCUT2D eigenvalue weighted by atomic mass is 32.2. The van der Waals surface area contributed by atoms with Crippen molar-refractivity contribution in [2.75, 3.05) is 25.5 Å². The van der Waals surface area contributed by atoms with Crippen molar-refractivity contribution in [3.05, 3.63) is 41.7 Å². The molecule has 13 heteroatoms. The second-order valence-electron chi connectivity index (χ2n) is 8.20. The number of H-pyrrole nitrogens is 1. The minimum atomic E-state index is -2.15. The number of hydrogen-bond acceptors (Lipinski definition) is 7. The highest BCUT2D eigenvalue weighted by Crippen LogP contribution is 2.26. The monoisotopic (exact) mass is 493 g/mol. The number of anilines is 1. The minimum Gasteiger partial charge on any atom is -0.480 e. The summed E-state index contributed by atoms with van der Waals surface area (Å²) in [6, 6.07) is 4.20. The van der Waals surface area contributed by atoms with Gasteiger partial charge in [-0.15, -0.1) is 0 Å². The number of amides is 2. The van der Waals surface area contributed by atoms with Gasteiger partial charge in [-0.1, -0.05) is 12.1 Å². The van der Waals surface area contributed by atoms with E-state index in [-0.39, 0.29) is 19.4 Å². The molecule has 0 spiro atoms. The first-order valence-corrected chi connectivity index (χ1v) is 11.6. The largest absolute Gasteiger partial charge is 0.480 e. The van der Waals surface area contributed by atoms with Crippen LogP contribution in [0.2, 0.25) is 0 Å². The smallest absolute Gasteiger partial charge is 0.414 e. The molecule has 184 valence electrons. The maximum atomic E-state index is 13.0. The van der Waals surface area contributed by atoms with E-state index in [9.17, 15) is 28.3 Å². The van der Waals surface area contributed by atoms with Gasteiger partial charge in [0.15, 0.2) is 11.1 Å². The summed E-state index contributed by atoms with van der Waals surface area (Å²) in [5, 5.41) is 11.5. The van der Waals surface area contributed by atoms with Crippen molar-refractivity contribution < 1.29 is 33.0 Å². The predicted octanol–water partition coefficient (Wildman–Crippen LogP) is 0.760. The van der Waals surface area contributed by atoms with Gasteiger partial charge in [0.05, 0.1) is 5.25 Å². The number of carboxylic acid groups (broad SMARTS) is 1. The zero-order chi connectivity index (χ0) is 25.0. The average Bonchev–Trinajstić information content (AvgIpc) is 3.41. The van der Waals surface area contributed by atoms with E-state index in [0.29, 0.717) is 17.3 Å². The third-order valence-corrected chi connectivity index (χ3v) is 6.27. The molecule has 34 heavy (non-hydrogen) atoms. The van der Waals surface area contributed by atoms with Crippen molar-refractivity contribution in [1.29, 1.82) is 0 Å². The fourth-order valence-corrected chi connectivity index (χ4v) is 4.20. The molecule has 1 aromatic heterocycles. The number of aliphatic carboxylic acids is 1. The van der Waals surface area contributed by atoms with Crippen molar-refractivity contribution in [3.8, 4) is 5.75 Å². The lowest BCUT2D eigenvalue weighted by Crippen LogP contribution is -2.50. The van der Waals surface area contributed by atoms with E-state index in [2.05, 4.69) is 15.3 Å². The molecule has 1 saturated heterocycles. The lowest BCUT2D eigenvalue weighted by atomic mass is 10.0. The number of hydrogen-bond donors (Lipinski definition) is 4. The Hall–Kier alpha value is -3.45. The van der Waals surface area contributed by atoms with Gasteiger partial charge >= 0.3 is 12.1 Å². The molecule has 12 nitrogen and oxygen atoms in total. The number of aromatic amines is 1. The number of imidazole rings is 1. The molecular weight excluding hydrogens is 466 g/mol. The summed E-state index contributed by atoms with van der Waals surface area (Å²) in [5.74, 6) is -1.12. The second-order valence-corrected chi connectivity index (χ2v) is 9.42. The van der Waals surface area contributed by atoms with E-state index in [1.807, 2.05) is 0 Å². The third kappa shape index (κ3) is 6.11. The molecule has 0 aliphatic carbocycles. The van der Waals surface area contributed by atoms with Crippen molar-refractivity contribution in [3.63, 3.8) is 0 Å². The van der Waals surface area contributed by atoms with Crippen molar-refractivity contribution >= 4 is 35.0 Å². The summed E-state index contributed by atoms with van der Waals surface area (Å²) >= 11 is -2.15. The van der Waals surface area contributed by atoms with Crippen molar-refractivity contribution in [2.45, 2.75) is 37.1 Å². The second kappa shape index (κ2) is 10.7. The average molecular weight is 494 g/mol. The summed E-state index contributed by atoms with van der Waals surface area (Å²) in [5.41, 5.74) is 1.36. The van der Waals surface area contributed by atoms with E-state index in [4.69, 9.17) is 4.74 Å². The Morgan fingerprint density at radius 3 is 2.53 bits per heavy atom. The quantitative estimate of drug-likeness (QED) is 0.388. The number of carboxylic acids is 1. The number of benzene rings is 1. The van der Waals surface area contributed by atoms with Crippen LogP contribution in [0.15, 0.2) is 30.5 Å². The van der Waals surface area contributed by atoms with Crippen LogP contribution in [0, 0.1) is 6.92 Å². The summed E-state index contributed by atoms with van der Waals surface area (Å²) in [6.07, 6.45) is 1.10. The molecule has 0 saturated carbocycles. The fourth-order valence-electron chi connectivity index (χ4n) is 3.56. The van der Waals surface area contributed by atoms with Gasteiger partial charge in [0.1, 0.15) is 17.8 Å². The van der Waals surface area contributed by atoms with Gasteiger partial charge in [-0.2, -0.15) is 0 Å². The number of carbonyl (C=O) groups excluding carboxylic acids is 2. The van der Waals surface area contributed by atoms with Crippen LogP contribution in [-0.4, -0.2) is 84.7 Å². The Morgan fingerprint density at radius 2 is 2.00 bits per heavy atom. The highest BCUT2D eigenvalue weighted by Gasteiger charge is 2.41. The summed E-state index contributed by atoms with van der Waals surface area (Å²) in [4.78, 5) is 46.6. The van der Waals surface area contributed by atoms with Crippen molar-refractivity contribution in [2.24, 2.45) is 0 Å². The van der Waals surface area contributed by atoms with Crippen LogP contribution < -0.4 is 15.0 Å². The highest BCUT2D eigenvalue weighted by molar-refractivity contribution is 7.80. The Morgan fingerprint density at radius 1 is 1.32 bits per heavy atom. The zero-order valence-electron chi connectivity index (χ0n) is 18.9. The number of nitrogens with one attached hydrogen (secondary N) is 2. The van der Waals surface area contributed by atoms with Gasteiger partial charge in [-0.25, -0.2) is 18.8 Å². The number of aryl methyl sites for hydroxylation is 1.